The molecule has 0 aliphatic rings. The number of rotatable bonds is 7. The maximum absolute atomic E-state index is 12.8. The van der Waals surface area contributed by atoms with Gasteiger partial charge >= 0.3 is 0 Å². The molecule has 0 N–H and O–H groups in total. The molecule has 0 saturated carbocycles. The van der Waals surface area contributed by atoms with E-state index in [4.69, 9.17) is 9.47 Å². The lowest BCUT2D eigenvalue weighted by atomic mass is 10.2. The number of methoxy groups -OCH3 is 2. The Labute approximate surface area is 178 Å². The van der Waals surface area contributed by atoms with E-state index >= 15 is 0 Å². The van der Waals surface area contributed by atoms with Crippen LogP contribution in [-0.2, 0) is 6.54 Å². The number of thioether (sulfide) groups is 1. The highest BCUT2D eigenvalue weighted by molar-refractivity contribution is 7.99. The number of ether oxygens (including phenoxy) is 2. The molecule has 0 aliphatic heterocycles. The molecule has 0 saturated heterocycles. The van der Waals surface area contributed by atoms with Crippen molar-refractivity contribution >= 4 is 39.2 Å². The van der Waals surface area contributed by atoms with Crippen LogP contribution in [0.2, 0.25) is 0 Å². The van der Waals surface area contributed by atoms with Crippen molar-refractivity contribution in [2.24, 2.45) is 4.99 Å². The summed E-state index contributed by atoms with van der Waals surface area (Å²) in [6.45, 7) is 8.62. The molecular weight excluding hydrogens is 404 g/mol. The Hall–Kier alpha value is -2.51. The van der Waals surface area contributed by atoms with Crippen LogP contribution in [0.5, 0.6) is 11.5 Å². The quantitative estimate of drug-likeness (QED) is 0.386. The standard InChI is InChI=1S/C22H24N2O3S2/c1-6-13-24-19-17(26-4)11-12-18(27-5)20(19)29-22(24)23-21(25)15-7-9-16(10-8-15)28-14(2)3/h6-12,14H,1,13H2,2-5H3. The van der Waals surface area contributed by atoms with Crippen molar-refractivity contribution in [2.75, 3.05) is 14.2 Å². The Balaban J connectivity index is 2.10. The molecule has 3 aromatic rings. The highest BCUT2D eigenvalue weighted by atomic mass is 32.2. The number of aromatic nitrogens is 1. The van der Waals surface area contributed by atoms with E-state index in [0.29, 0.717) is 33.7 Å². The topological polar surface area (TPSA) is 52.8 Å². The van der Waals surface area contributed by atoms with Gasteiger partial charge in [-0.3, -0.25) is 4.79 Å². The monoisotopic (exact) mass is 428 g/mol. The van der Waals surface area contributed by atoms with Gasteiger partial charge in [0.25, 0.3) is 5.91 Å². The second-order valence-corrected chi connectivity index (χ2v) is 9.17. The van der Waals surface area contributed by atoms with Crippen molar-refractivity contribution in [3.05, 3.63) is 59.4 Å². The van der Waals surface area contributed by atoms with Crippen LogP contribution in [0.1, 0.15) is 24.2 Å². The Bertz CT molecular complexity index is 1100. The maximum atomic E-state index is 12.8. The number of carbonyl (C=O) groups excluding carboxylic acids is 1. The first kappa shape index (κ1) is 21.2. The van der Waals surface area contributed by atoms with Crippen molar-refractivity contribution in [1.29, 1.82) is 0 Å². The fraction of sp³-hybridized carbons (Fsp3) is 0.273. The molecule has 7 heteroatoms. The maximum Gasteiger partial charge on any atom is 0.279 e. The van der Waals surface area contributed by atoms with Gasteiger partial charge in [0.05, 0.1) is 14.2 Å². The van der Waals surface area contributed by atoms with Gasteiger partial charge in [0, 0.05) is 22.3 Å². The largest absolute Gasteiger partial charge is 0.495 e. The molecule has 1 aromatic heterocycles. The summed E-state index contributed by atoms with van der Waals surface area (Å²) in [5.74, 6) is 1.13. The average Bonchev–Trinajstić information content (AvgIpc) is 3.06. The summed E-state index contributed by atoms with van der Waals surface area (Å²) in [6, 6.07) is 11.3. The Kier molecular flexibility index (Phi) is 6.82. The fourth-order valence-electron chi connectivity index (χ4n) is 2.94. The highest BCUT2D eigenvalue weighted by Crippen LogP contribution is 2.35. The summed E-state index contributed by atoms with van der Waals surface area (Å²) in [7, 11) is 3.24. The number of thiazole rings is 1. The lowest BCUT2D eigenvalue weighted by molar-refractivity contribution is 0.0998. The minimum absolute atomic E-state index is 0.284. The summed E-state index contributed by atoms with van der Waals surface area (Å²) >= 11 is 3.16. The van der Waals surface area contributed by atoms with Crippen molar-refractivity contribution in [3.63, 3.8) is 0 Å². The average molecular weight is 429 g/mol. The lowest BCUT2D eigenvalue weighted by Crippen LogP contribution is -2.16. The van der Waals surface area contributed by atoms with E-state index in [1.54, 1.807) is 32.1 Å². The van der Waals surface area contributed by atoms with Gasteiger partial charge in [0.2, 0.25) is 0 Å². The van der Waals surface area contributed by atoms with Crippen molar-refractivity contribution in [3.8, 4) is 11.5 Å². The van der Waals surface area contributed by atoms with Crippen molar-refractivity contribution < 1.29 is 14.3 Å². The van der Waals surface area contributed by atoms with E-state index in [0.717, 1.165) is 15.1 Å². The van der Waals surface area contributed by atoms with Crippen LogP contribution >= 0.6 is 23.1 Å². The Morgan fingerprint density at radius 3 is 2.41 bits per heavy atom. The second kappa shape index (κ2) is 9.33. The Morgan fingerprint density at radius 2 is 1.83 bits per heavy atom. The van der Waals surface area contributed by atoms with Gasteiger partial charge in [-0.05, 0) is 36.4 Å². The van der Waals surface area contributed by atoms with E-state index in [2.05, 4.69) is 25.4 Å². The molecular formula is C22H24N2O3S2. The number of amides is 1. The number of nitrogens with zero attached hydrogens (tertiary/aromatic N) is 2. The number of benzene rings is 2. The molecule has 5 nitrogen and oxygen atoms in total. The third-order valence-corrected chi connectivity index (χ3v) is 6.28. The van der Waals surface area contributed by atoms with Crippen molar-refractivity contribution in [2.45, 2.75) is 30.5 Å². The van der Waals surface area contributed by atoms with Gasteiger partial charge in [-0.2, -0.15) is 4.99 Å². The first-order valence-electron chi connectivity index (χ1n) is 9.19. The number of allylic oxidation sites excluding steroid dienone is 1. The second-order valence-electron chi connectivity index (χ2n) is 6.54. The summed E-state index contributed by atoms with van der Waals surface area (Å²) in [6.07, 6.45) is 1.77. The predicted octanol–water partition coefficient (Wildman–Crippen LogP) is 5.15. The minimum Gasteiger partial charge on any atom is -0.495 e. The molecule has 2 aromatic carbocycles. The van der Waals surface area contributed by atoms with Gasteiger partial charge in [-0.15, -0.1) is 18.3 Å². The molecule has 29 heavy (non-hydrogen) atoms. The lowest BCUT2D eigenvalue weighted by Gasteiger charge is -2.08. The highest BCUT2D eigenvalue weighted by Gasteiger charge is 2.16. The van der Waals surface area contributed by atoms with Crippen LogP contribution in [0.15, 0.2) is 58.9 Å². The zero-order valence-electron chi connectivity index (χ0n) is 17.0. The minimum atomic E-state index is -0.284. The first-order valence-corrected chi connectivity index (χ1v) is 10.9. The first-order chi connectivity index (χ1) is 14.0. The zero-order chi connectivity index (χ0) is 21.0. The molecule has 1 amide bonds. The van der Waals surface area contributed by atoms with Crippen molar-refractivity contribution in [1.82, 2.24) is 4.57 Å². The number of carbonyl (C=O) groups is 1. The van der Waals surface area contributed by atoms with Gasteiger partial charge in [0.1, 0.15) is 21.7 Å². The smallest absolute Gasteiger partial charge is 0.279 e. The van der Waals surface area contributed by atoms with E-state index in [1.165, 1.54) is 11.3 Å². The molecule has 1 heterocycles. The summed E-state index contributed by atoms with van der Waals surface area (Å²) in [4.78, 5) is 18.9. The van der Waals surface area contributed by atoms with Gasteiger partial charge in [-0.1, -0.05) is 31.3 Å². The molecule has 0 unspecified atom stereocenters. The van der Waals surface area contributed by atoms with Crippen LogP contribution in [0.3, 0.4) is 0 Å². The number of hydrogen-bond donors (Lipinski definition) is 0. The number of fused-ring (bicyclic) bond motifs is 1. The molecule has 0 spiro atoms. The summed E-state index contributed by atoms with van der Waals surface area (Å²) in [5, 5.41) is 0.489. The summed E-state index contributed by atoms with van der Waals surface area (Å²) in [5.41, 5.74) is 1.40. The van der Waals surface area contributed by atoms with E-state index in [-0.39, 0.29) is 5.91 Å². The molecule has 0 aliphatic carbocycles. The van der Waals surface area contributed by atoms with Crippen LogP contribution in [-0.4, -0.2) is 29.9 Å². The van der Waals surface area contributed by atoms with Gasteiger partial charge in [-0.25, -0.2) is 0 Å². The van der Waals surface area contributed by atoms with Crippen LogP contribution in [0.4, 0.5) is 0 Å². The van der Waals surface area contributed by atoms with E-state index < -0.39 is 0 Å². The molecule has 3 rings (SSSR count). The number of hydrogen-bond acceptors (Lipinski definition) is 5. The molecule has 0 fully saturated rings. The van der Waals surface area contributed by atoms with Gasteiger partial charge < -0.3 is 14.0 Å². The van der Waals surface area contributed by atoms with Crippen LogP contribution in [0.25, 0.3) is 10.2 Å². The zero-order valence-corrected chi connectivity index (χ0v) is 18.6. The third-order valence-electron chi connectivity index (χ3n) is 4.17. The van der Waals surface area contributed by atoms with E-state index in [1.807, 2.05) is 41.0 Å². The summed E-state index contributed by atoms with van der Waals surface area (Å²) < 4.78 is 13.8. The molecule has 0 radical (unpaired) electrons. The van der Waals surface area contributed by atoms with E-state index in [9.17, 15) is 4.79 Å². The fourth-order valence-corrected chi connectivity index (χ4v) is 4.92. The Morgan fingerprint density at radius 1 is 1.17 bits per heavy atom. The van der Waals surface area contributed by atoms with Gasteiger partial charge in [0.15, 0.2) is 4.80 Å². The van der Waals surface area contributed by atoms with Crippen LogP contribution < -0.4 is 14.3 Å². The molecule has 0 atom stereocenters. The normalized spacial score (nSPS) is 11.8. The van der Waals surface area contributed by atoms with Crippen LogP contribution in [0, 0.1) is 0 Å². The third kappa shape index (κ3) is 4.57. The molecule has 152 valence electrons. The molecule has 0 bridgehead atoms. The predicted molar refractivity (Wildman–Crippen MR) is 120 cm³/mol. The SMILES string of the molecule is C=CCn1c(=NC(=O)c2ccc(SC(C)C)cc2)sc2c(OC)ccc(OC)c21.